The zero-order chi connectivity index (χ0) is 15.2. The molecule has 0 radical (unpaired) electrons. The van der Waals surface area contributed by atoms with Gasteiger partial charge < -0.3 is 19.9 Å². The molecule has 1 aromatic carbocycles. The Morgan fingerprint density at radius 2 is 2.14 bits per heavy atom. The van der Waals surface area contributed by atoms with Gasteiger partial charge in [0.15, 0.2) is 11.5 Å². The number of carbonyl (C=O) groups excluding carboxylic acids is 1. The molecule has 0 aromatic heterocycles. The minimum atomic E-state index is -0.219. The third kappa shape index (κ3) is 3.88. The van der Waals surface area contributed by atoms with E-state index >= 15 is 0 Å². The maximum absolute atomic E-state index is 11.1. The van der Waals surface area contributed by atoms with Crippen LogP contribution in [0.25, 0.3) is 0 Å². The van der Waals surface area contributed by atoms with Crippen LogP contribution in [0.1, 0.15) is 30.9 Å². The summed E-state index contributed by atoms with van der Waals surface area (Å²) in [4.78, 5) is 11.1. The van der Waals surface area contributed by atoms with Crippen LogP contribution < -0.4 is 15.2 Å². The van der Waals surface area contributed by atoms with Crippen molar-refractivity contribution in [1.29, 1.82) is 0 Å². The van der Waals surface area contributed by atoms with Gasteiger partial charge in [0.25, 0.3) is 0 Å². The predicted octanol–water partition coefficient (Wildman–Crippen LogP) is 1.84. The quantitative estimate of drug-likeness (QED) is 0.613. The number of carbonyl (C=O) groups is 1. The molecule has 2 N–H and O–H groups in total. The van der Waals surface area contributed by atoms with Gasteiger partial charge in [0, 0.05) is 18.0 Å². The molecule has 0 amide bonds. The van der Waals surface area contributed by atoms with E-state index < -0.39 is 0 Å². The average Bonchev–Trinajstić information content (AvgIpc) is 2.86. The first-order valence-electron chi connectivity index (χ1n) is 7.38. The Bertz CT molecular complexity index is 501. The smallest absolute Gasteiger partial charge is 0.305 e. The zero-order valence-electron chi connectivity index (χ0n) is 12.7. The molecule has 1 aliphatic rings. The zero-order valence-corrected chi connectivity index (χ0v) is 12.7. The van der Waals surface area contributed by atoms with Crippen LogP contribution in [0.3, 0.4) is 0 Å². The van der Waals surface area contributed by atoms with Crippen LogP contribution in [0.15, 0.2) is 12.1 Å². The lowest BCUT2D eigenvalue weighted by Gasteiger charge is -2.15. The predicted molar refractivity (Wildman–Crippen MR) is 79.7 cm³/mol. The first-order valence-corrected chi connectivity index (χ1v) is 7.38. The molecular formula is C16H23NO4. The van der Waals surface area contributed by atoms with Gasteiger partial charge in [0.2, 0.25) is 0 Å². The van der Waals surface area contributed by atoms with Crippen molar-refractivity contribution in [2.75, 3.05) is 20.3 Å². The number of methoxy groups -OCH3 is 1. The first-order chi connectivity index (χ1) is 10.2. The van der Waals surface area contributed by atoms with E-state index in [4.69, 9.17) is 15.2 Å². The molecule has 0 spiro atoms. The van der Waals surface area contributed by atoms with Crippen LogP contribution in [0, 0.1) is 0 Å². The molecule has 5 nitrogen and oxygen atoms in total. The summed E-state index contributed by atoms with van der Waals surface area (Å²) in [6.45, 7) is 3.00. The second-order valence-corrected chi connectivity index (χ2v) is 5.16. The minimum absolute atomic E-state index is 0.161. The van der Waals surface area contributed by atoms with Gasteiger partial charge in [-0.15, -0.1) is 0 Å². The molecule has 1 atom stereocenters. The Labute approximate surface area is 125 Å². The number of hydrogen-bond acceptors (Lipinski definition) is 5. The van der Waals surface area contributed by atoms with Gasteiger partial charge in [0.05, 0.1) is 20.3 Å². The first kappa shape index (κ1) is 15.6. The van der Waals surface area contributed by atoms with Gasteiger partial charge in [-0.25, -0.2) is 0 Å². The number of esters is 1. The van der Waals surface area contributed by atoms with E-state index in [1.165, 1.54) is 12.7 Å². The SMILES string of the molecule is CCOc1c(OCCCC(=O)OC)ccc2c1CC(N)C2. The Morgan fingerprint density at radius 1 is 1.33 bits per heavy atom. The summed E-state index contributed by atoms with van der Waals surface area (Å²) in [6.07, 6.45) is 2.69. The molecule has 2 rings (SSSR count). The molecule has 0 saturated heterocycles. The lowest BCUT2D eigenvalue weighted by atomic mass is 10.1. The van der Waals surface area contributed by atoms with Gasteiger partial charge in [-0.3, -0.25) is 4.79 Å². The molecule has 5 heteroatoms. The van der Waals surface area contributed by atoms with Crippen LogP contribution in [0.4, 0.5) is 0 Å². The maximum Gasteiger partial charge on any atom is 0.305 e. The fourth-order valence-electron chi connectivity index (χ4n) is 2.60. The molecule has 0 bridgehead atoms. The molecule has 0 heterocycles. The lowest BCUT2D eigenvalue weighted by molar-refractivity contribution is -0.140. The van der Waals surface area contributed by atoms with E-state index in [9.17, 15) is 4.79 Å². The topological polar surface area (TPSA) is 70.8 Å². The molecule has 1 unspecified atom stereocenters. The van der Waals surface area contributed by atoms with Crippen LogP contribution >= 0.6 is 0 Å². The van der Waals surface area contributed by atoms with Crippen molar-refractivity contribution in [3.8, 4) is 11.5 Å². The summed E-state index contributed by atoms with van der Waals surface area (Å²) in [6, 6.07) is 4.15. The highest BCUT2D eigenvalue weighted by atomic mass is 16.5. The van der Waals surface area contributed by atoms with Crippen molar-refractivity contribution in [2.45, 2.75) is 38.6 Å². The van der Waals surface area contributed by atoms with Crippen molar-refractivity contribution in [3.05, 3.63) is 23.3 Å². The van der Waals surface area contributed by atoms with Gasteiger partial charge >= 0.3 is 5.97 Å². The van der Waals surface area contributed by atoms with E-state index in [1.54, 1.807) is 0 Å². The number of nitrogens with two attached hydrogens (primary N) is 1. The maximum atomic E-state index is 11.1. The average molecular weight is 293 g/mol. The Balaban J connectivity index is 2.02. The summed E-state index contributed by atoms with van der Waals surface area (Å²) < 4.78 is 16.1. The molecule has 0 fully saturated rings. The van der Waals surface area contributed by atoms with Gasteiger partial charge in [0.1, 0.15) is 0 Å². The Hall–Kier alpha value is -1.75. The Morgan fingerprint density at radius 3 is 2.86 bits per heavy atom. The third-order valence-corrected chi connectivity index (χ3v) is 3.57. The van der Waals surface area contributed by atoms with E-state index in [0.717, 1.165) is 29.9 Å². The van der Waals surface area contributed by atoms with E-state index in [0.29, 0.717) is 26.1 Å². The normalized spacial score (nSPS) is 16.4. The third-order valence-electron chi connectivity index (χ3n) is 3.57. The number of rotatable bonds is 7. The van der Waals surface area contributed by atoms with E-state index in [-0.39, 0.29) is 12.0 Å². The highest BCUT2D eigenvalue weighted by molar-refractivity contribution is 5.69. The fourth-order valence-corrected chi connectivity index (χ4v) is 2.60. The number of benzene rings is 1. The van der Waals surface area contributed by atoms with Crippen molar-refractivity contribution < 1.29 is 19.0 Å². The number of ether oxygens (including phenoxy) is 3. The molecule has 21 heavy (non-hydrogen) atoms. The minimum Gasteiger partial charge on any atom is -0.490 e. The van der Waals surface area contributed by atoms with Crippen LogP contribution in [-0.4, -0.2) is 32.3 Å². The standard InChI is InChI=1S/C16H23NO4/c1-3-20-16-13-10-12(17)9-11(13)6-7-14(16)21-8-4-5-15(18)19-2/h6-7,12H,3-5,8-10,17H2,1-2H3. The largest absolute Gasteiger partial charge is 0.490 e. The van der Waals surface area contributed by atoms with Crippen molar-refractivity contribution >= 4 is 5.97 Å². The van der Waals surface area contributed by atoms with E-state index in [2.05, 4.69) is 10.8 Å². The monoisotopic (exact) mass is 293 g/mol. The summed E-state index contributed by atoms with van der Waals surface area (Å²) in [7, 11) is 1.39. The molecule has 116 valence electrons. The highest BCUT2D eigenvalue weighted by Crippen LogP contribution is 2.38. The van der Waals surface area contributed by atoms with Crippen molar-refractivity contribution in [1.82, 2.24) is 0 Å². The van der Waals surface area contributed by atoms with Crippen molar-refractivity contribution in [3.63, 3.8) is 0 Å². The molecule has 0 aliphatic heterocycles. The van der Waals surface area contributed by atoms with Crippen LogP contribution in [0.5, 0.6) is 11.5 Å². The summed E-state index contributed by atoms with van der Waals surface area (Å²) in [5.41, 5.74) is 8.43. The second-order valence-electron chi connectivity index (χ2n) is 5.16. The van der Waals surface area contributed by atoms with E-state index in [1.807, 2.05) is 13.0 Å². The second kappa shape index (κ2) is 7.31. The van der Waals surface area contributed by atoms with Crippen LogP contribution in [0.2, 0.25) is 0 Å². The van der Waals surface area contributed by atoms with Gasteiger partial charge in [-0.1, -0.05) is 6.07 Å². The van der Waals surface area contributed by atoms with Crippen molar-refractivity contribution in [2.24, 2.45) is 5.73 Å². The van der Waals surface area contributed by atoms with Gasteiger partial charge in [-0.05, 0) is 37.8 Å². The lowest BCUT2D eigenvalue weighted by Crippen LogP contribution is -2.19. The summed E-state index contributed by atoms with van der Waals surface area (Å²) >= 11 is 0. The Kier molecular flexibility index (Phi) is 5.44. The number of hydrogen-bond donors (Lipinski definition) is 1. The number of fused-ring (bicyclic) bond motifs is 1. The summed E-state index contributed by atoms with van der Waals surface area (Å²) in [5, 5.41) is 0. The fraction of sp³-hybridized carbons (Fsp3) is 0.562. The van der Waals surface area contributed by atoms with Crippen LogP contribution in [-0.2, 0) is 22.4 Å². The molecule has 1 aliphatic carbocycles. The molecule has 1 aromatic rings. The highest BCUT2D eigenvalue weighted by Gasteiger charge is 2.24. The summed E-state index contributed by atoms with van der Waals surface area (Å²) in [5.74, 6) is 1.32. The molecule has 0 saturated carbocycles. The van der Waals surface area contributed by atoms with Gasteiger partial charge in [-0.2, -0.15) is 0 Å². The molecular weight excluding hydrogens is 270 g/mol.